The fourth-order valence-corrected chi connectivity index (χ4v) is 2.19. The van der Waals surface area contributed by atoms with Crippen molar-refractivity contribution in [2.75, 3.05) is 0 Å². The van der Waals surface area contributed by atoms with Crippen LogP contribution in [0.1, 0.15) is 11.1 Å². The van der Waals surface area contributed by atoms with Crippen molar-refractivity contribution in [2.45, 2.75) is 6.54 Å². The van der Waals surface area contributed by atoms with E-state index < -0.39 is 11.6 Å². The van der Waals surface area contributed by atoms with Gasteiger partial charge >= 0.3 is 5.76 Å². The summed E-state index contributed by atoms with van der Waals surface area (Å²) in [6.07, 6.45) is 1.54. The number of oxazole rings is 1. The van der Waals surface area contributed by atoms with Gasteiger partial charge in [0.05, 0.1) is 6.54 Å². The summed E-state index contributed by atoms with van der Waals surface area (Å²) in [6, 6.07) is 7.57. The summed E-state index contributed by atoms with van der Waals surface area (Å²) in [5.74, 6) is -1.05. The number of pyridine rings is 1. The lowest BCUT2D eigenvalue weighted by atomic mass is 10.1. The zero-order valence-corrected chi connectivity index (χ0v) is 11.6. The molecule has 1 aromatic carbocycles. The number of halogens is 1. The maximum atomic E-state index is 13.9. The van der Waals surface area contributed by atoms with Crippen molar-refractivity contribution in [3.63, 3.8) is 0 Å². The summed E-state index contributed by atoms with van der Waals surface area (Å²) in [4.78, 5) is 16.1. The van der Waals surface area contributed by atoms with Gasteiger partial charge in [0.2, 0.25) is 0 Å². The van der Waals surface area contributed by atoms with Gasteiger partial charge in [-0.15, -0.1) is 0 Å². The van der Waals surface area contributed by atoms with Gasteiger partial charge in [-0.1, -0.05) is 12.2 Å². The molecule has 0 atom stereocenters. The quantitative estimate of drug-likeness (QED) is 0.747. The zero-order chi connectivity index (χ0) is 15.0. The van der Waals surface area contributed by atoms with Crippen molar-refractivity contribution >= 4 is 28.4 Å². The Balaban J connectivity index is 2.10. The second kappa shape index (κ2) is 5.10. The molecule has 0 bridgehead atoms. The number of benzene rings is 1. The first-order valence-electron chi connectivity index (χ1n) is 6.09. The first kappa shape index (κ1) is 13.4. The van der Waals surface area contributed by atoms with Crippen LogP contribution >= 0.6 is 12.2 Å². The summed E-state index contributed by atoms with van der Waals surface area (Å²) in [5.41, 5.74) is 7.08. The zero-order valence-electron chi connectivity index (χ0n) is 10.7. The van der Waals surface area contributed by atoms with Crippen LogP contribution < -0.4 is 11.5 Å². The number of nitrogens with zero attached hydrogens (tertiary/aromatic N) is 2. The molecule has 3 aromatic rings. The molecule has 0 saturated heterocycles. The number of hydrogen-bond donors (Lipinski definition) is 1. The molecule has 3 rings (SSSR count). The van der Waals surface area contributed by atoms with Gasteiger partial charge in [-0.3, -0.25) is 4.57 Å². The first-order chi connectivity index (χ1) is 10.1. The molecule has 0 aliphatic carbocycles. The van der Waals surface area contributed by atoms with Gasteiger partial charge in [-0.2, -0.15) is 0 Å². The molecule has 0 radical (unpaired) electrons. The Bertz CT molecular complexity index is 901. The Labute approximate surface area is 123 Å². The molecular formula is C14H10FN3O2S. The molecule has 21 heavy (non-hydrogen) atoms. The number of aromatic nitrogens is 2. The highest BCUT2D eigenvalue weighted by atomic mass is 32.1. The van der Waals surface area contributed by atoms with Crippen LogP contribution in [0.2, 0.25) is 0 Å². The van der Waals surface area contributed by atoms with Gasteiger partial charge in [0.25, 0.3) is 0 Å². The molecule has 5 nitrogen and oxygen atoms in total. The van der Waals surface area contributed by atoms with Crippen molar-refractivity contribution in [3.8, 4) is 0 Å². The van der Waals surface area contributed by atoms with Crippen molar-refractivity contribution in [1.29, 1.82) is 0 Å². The van der Waals surface area contributed by atoms with Gasteiger partial charge in [0, 0.05) is 17.3 Å². The maximum Gasteiger partial charge on any atom is 0.421 e. The molecule has 0 aliphatic rings. The maximum absolute atomic E-state index is 13.9. The van der Waals surface area contributed by atoms with Gasteiger partial charge in [0.15, 0.2) is 11.2 Å². The molecule has 0 unspecified atom stereocenters. The van der Waals surface area contributed by atoms with E-state index in [-0.39, 0.29) is 17.1 Å². The molecule has 106 valence electrons. The number of rotatable bonds is 3. The third-order valence-electron chi connectivity index (χ3n) is 3.08. The third kappa shape index (κ3) is 2.43. The Morgan fingerprint density at radius 3 is 3.00 bits per heavy atom. The molecule has 7 heteroatoms. The minimum absolute atomic E-state index is 0.00880. The highest BCUT2D eigenvalue weighted by molar-refractivity contribution is 7.80. The molecule has 0 spiro atoms. The van der Waals surface area contributed by atoms with Crippen LogP contribution in [-0.4, -0.2) is 14.5 Å². The van der Waals surface area contributed by atoms with E-state index in [1.165, 1.54) is 29.0 Å². The number of thiocarbonyl (C=S) groups is 1. The summed E-state index contributed by atoms with van der Waals surface area (Å²) >= 11 is 4.87. The number of hydrogen-bond acceptors (Lipinski definition) is 4. The second-order valence-electron chi connectivity index (χ2n) is 4.45. The van der Waals surface area contributed by atoms with E-state index in [9.17, 15) is 9.18 Å². The van der Waals surface area contributed by atoms with E-state index >= 15 is 0 Å². The summed E-state index contributed by atoms with van der Waals surface area (Å²) in [7, 11) is 0. The standard InChI is InChI=1S/C14H10FN3O2S/c15-10-4-3-8(12(16)21)6-9(10)7-18-13-11(20-14(18)19)2-1-5-17-13/h1-6H,7H2,(H2,16,21). The number of fused-ring (bicyclic) bond motifs is 1. The van der Waals surface area contributed by atoms with Gasteiger partial charge in [-0.25, -0.2) is 14.2 Å². The predicted octanol–water partition coefficient (Wildman–Crippen LogP) is 1.81. The van der Waals surface area contributed by atoms with Crippen LogP contribution in [0.4, 0.5) is 4.39 Å². The Kier molecular flexibility index (Phi) is 3.26. The summed E-state index contributed by atoms with van der Waals surface area (Å²) < 4.78 is 20.2. The van der Waals surface area contributed by atoms with Crippen molar-refractivity contribution in [2.24, 2.45) is 5.73 Å². The summed E-state index contributed by atoms with van der Waals surface area (Å²) in [6.45, 7) is -0.00880. The fourth-order valence-electron chi connectivity index (χ4n) is 2.06. The molecule has 0 saturated carbocycles. The smallest absolute Gasteiger partial charge is 0.406 e. The lowest BCUT2D eigenvalue weighted by molar-refractivity contribution is 0.512. The van der Waals surface area contributed by atoms with E-state index in [0.29, 0.717) is 16.8 Å². The van der Waals surface area contributed by atoms with Gasteiger partial charge in [-0.05, 0) is 30.3 Å². The van der Waals surface area contributed by atoms with Crippen molar-refractivity contribution in [1.82, 2.24) is 9.55 Å². The van der Waals surface area contributed by atoms with E-state index in [1.807, 2.05) is 0 Å². The van der Waals surface area contributed by atoms with Crippen molar-refractivity contribution < 1.29 is 8.81 Å². The van der Waals surface area contributed by atoms with Crippen LogP contribution in [-0.2, 0) is 6.54 Å². The molecular weight excluding hydrogens is 293 g/mol. The fraction of sp³-hybridized carbons (Fsp3) is 0.0714. The molecule has 0 fully saturated rings. The number of nitrogens with two attached hydrogens (primary N) is 1. The van der Waals surface area contributed by atoms with E-state index in [0.717, 1.165) is 0 Å². The monoisotopic (exact) mass is 303 g/mol. The lowest BCUT2D eigenvalue weighted by Gasteiger charge is -2.06. The van der Waals surface area contributed by atoms with Gasteiger partial charge < -0.3 is 10.2 Å². The van der Waals surface area contributed by atoms with E-state index in [2.05, 4.69) is 4.98 Å². The normalized spacial score (nSPS) is 10.9. The van der Waals surface area contributed by atoms with Crippen LogP contribution in [0.3, 0.4) is 0 Å². The molecule has 2 heterocycles. The predicted molar refractivity (Wildman–Crippen MR) is 79.7 cm³/mol. The Morgan fingerprint density at radius 1 is 1.43 bits per heavy atom. The SMILES string of the molecule is NC(=S)c1ccc(F)c(Cn2c(=O)oc3cccnc32)c1. The second-order valence-corrected chi connectivity index (χ2v) is 4.89. The molecule has 0 amide bonds. The van der Waals surface area contributed by atoms with Crippen LogP contribution in [0.15, 0.2) is 45.7 Å². The highest BCUT2D eigenvalue weighted by Crippen LogP contribution is 2.15. The topological polar surface area (TPSA) is 74.0 Å². The minimum Gasteiger partial charge on any atom is -0.406 e. The molecule has 0 aliphatic heterocycles. The van der Waals surface area contributed by atoms with Gasteiger partial charge in [0.1, 0.15) is 10.8 Å². The van der Waals surface area contributed by atoms with Crippen LogP contribution in [0.25, 0.3) is 11.2 Å². The average Bonchev–Trinajstić information content (AvgIpc) is 2.77. The molecule has 2 N–H and O–H groups in total. The average molecular weight is 303 g/mol. The summed E-state index contributed by atoms with van der Waals surface area (Å²) in [5, 5.41) is 0. The van der Waals surface area contributed by atoms with E-state index in [1.54, 1.807) is 12.1 Å². The molecule has 2 aromatic heterocycles. The third-order valence-corrected chi connectivity index (χ3v) is 3.32. The largest absolute Gasteiger partial charge is 0.421 e. The van der Waals surface area contributed by atoms with Crippen LogP contribution in [0.5, 0.6) is 0 Å². The van der Waals surface area contributed by atoms with Crippen molar-refractivity contribution in [3.05, 3.63) is 64.0 Å². The lowest BCUT2D eigenvalue weighted by Crippen LogP contribution is -2.17. The first-order valence-corrected chi connectivity index (χ1v) is 6.49. The highest BCUT2D eigenvalue weighted by Gasteiger charge is 2.13. The Hall–Kier alpha value is -2.54. The Morgan fingerprint density at radius 2 is 2.24 bits per heavy atom. The van der Waals surface area contributed by atoms with E-state index in [4.69, 9.17) is 22.4 Å². The van der Waals surface area contributed by atoms with Crippen LogP contribution in [0, 0.1) is 5.82 Å². The minimum atomic E-state index is -0.594.